The quantitative estimate of drug-likeness (QED) is 0.193. The summed E-state index contributed by atoms with van der Waals surface area (Å²) in [6.45, 7) is 0.248. The summed E-state index contributed by atoms with van der Waals surface area (Å²) in [5.41, 5.74) is 4.68. The molecule has 1 N–H and O–H groups in total. The molecule has 0 radical (unpaired) electrons. The van der Waals surface area contributed by atoms with Crippen molar-refractivity contribution in [1.82, 2.24) is 5.43 Å². The number of thioether (sulfide) groups is 1. The zero-order chi connectivity index (χ0) is 24.5. The van der Waals surface area contributed by atoms with Crippen molar-refractivity contribution in [3.63, 3.8) is 0 Å². The van der Waals surface area contributed by atoms with E-state index in [1.165, 1.54) is 11.8 Å². The molecule has 35 heavy (non-hydrogen) atoms. The third-order valence-corrected chi connectivity index (χ3v) is 6.29. The Labute approximate surface area is 208 Å². The minimum Gasteiger partial charge on any atom is -0.493 e. The number of amides is 1. The second-order valence-electron chi connectivity index (χ2n) is 7.53. The number of carbonyl (C=O) groups excluding carboxylic acids is 1. The third-order valence-electron chi connectivity index (χ3n) is 5.22. The van der Waals surface area contributed by atoms with Gasteiger partial charge in [-0.15, -0.1) is 11.8 Å². The van der Waals surface area contributed by atoms with Crippen molar-refractivity contribution < 1.29 is 14.3 Å². The van der Waals surface area contributed by atoms with Gasteiger partial charge >= 0.3 is 0 Å². The third kappa shape index (κ3) is 6.19. The van der Waals surface area contributed by atoms with Crippen LogP contribution in [0.4, 0.5) is 0 Å². The van der Waals surface area contributed by atoms with Gasteiger partial charge in [0.25, 0.3) is 0 Å². The molecule has 6 nitrogen and oxygen atoms in total. The molecule has 7 heteroatoms. The zero-order valence-electron chi connectivity index (χ0n) is 19.1. The number of methoxy groups -OCH3 is 1. The Bertz CT molecular complexity index is 1410. The van der Waals surface area contributed by atoms with E-state index >= 15 is 0 Å². The van der Waals surface area contributed by atoms with Gasteiger partial charge in [0.1, 0.15) is 6.61 Å². The number of hydrogen-bond donors (Lipinski definition) is 1. The maximum atomic E-state index is 12.3. The van der Waals surface area contributed by atoms with Crippen LogP contribution in [-0.2, 0) is 11.4 Å². The first kappa shape index (κ1) is 23.9. The van der Waals surface area contributed by atoms with Crippen LogP contribution in [0.3, 0.4) is 0 Å². The normalized spacial score (nSPS) is 10.7. The summed E-state index contributed by atoms with van der Waals surface area (Å²) in [5.74, 6) is 1.14. The van der Waals surface area contributed by atoms with E-state index in [-0.39, 0.29) is 18.3 Å². The van der Waals surface area contributed by atoms with Gasteiger partial charge in [0, 0.05) is 10.5 Å². The Hall–Kier alpha value is -4.28. The predicted molar refractivity (Wildman–Crippen MR) is 139 cm³/mol. The molecule has 4 rings (SSSR count). The van der Waals surface area contributed by atoms with Crippen molar-refractivity contribution in [2.75, 3.05) is 12.9 Å². The minimum absolute atomic E-state index is 0.192. The second kappa shape index (κ2) is 11.7. The molecule has 0 saturated heterocycles. The van der Waals surface area contributed by atoms with Crippen molar-refractivity contribution in [2.45, 2.75) is 11.5 Å². The number of hydrazone groups is 1. The summed E-state index contributed by atoms with van der Waals surface area (Å²) >= 11 is 1.48. The molecular formula is C28H23N3O3S. The lowest BCUT2D eigenvalue weighted by Gasteiger charge is -2.12. The standard InChI is InChI=1S/C28H23N3O3S/c1-33-26-15-20(13-14-25(26)34-18-23-9-3-2-8-22(23)16-29)17-30-31-28(32)19-35-27-12-6-10-21-7-4-5-11-24(21)27/h2-15,17H,18-19H2,1H3,(H,31,32). The van der Waals surface area contributed by atoms with Gasteiger partial charge in [-0.2, -0.15) is 10.4 Å². The fourth-order valence-corrected chi connectivity index (χ4v) is 4.34. The van der Waals surface area contributed by atoms with E-state index in [2.05, 4.69) is 34.8 Å². The number of nitrogens with one attached hydrogen (secondary N) is 1. The lowest BCUT2D eigenvalue weighted by atomic mass is 10.1. The minimum atomic E-state index is -0.192. The first-order valence-corrected chi connectivity index (χ1v) is 11.9. The molecule has 0 unspecified atom stereocenters. The summed E-state index contributed by atoms with van der Waals surface area (Å²) in [6.07, 6.45) is 1.55. The van der Waals surface area contributed by atoms with E-state index in [0.29, 0.717) is 17.1 Å². The molecule has 0 bridgehead atoms. The summed E-state index contributed by atoms with van der Waals surface area (Å²) in [7, 11) is 1.55. The lowest BCUT2D eigenvalue weighted by molar-refractivity contribution is -0.118. The Kier molecular flexibility index (Phi) is 8.00. The van der Waals surface area contributed by atoms with Crippen molar-refractivity contribution in [3.8, 4) is 17.6 Å². The predicted octanol–water partition coefficient (Wildman–Crippen LogP) is 5.54. The second-order valence-corrected chi connectivity index (χ2v) is 8.54. The number of nitrogens with zero attached hydrogens (tertiary/aromatic N) is 2. The van der Waals surface area contributed by atoms with Crippen LogP contribution >= 0.6 is 11.8 Å². The highest BCUT2D eigenvalue weighted by Gasteiger charge is 2.08. The van der Waals surface area contributed by atoms with Gasteiger partial charge in [0.2, 0.25) is 5.91 Å². The summed E-state index contributed by atoms with van der Waals surface area (Å²) in [6, 6.07) is 29.0. The van der Waals surface area contributed by atoms with Gasteiger partial charge in [-0.3, -0.25) is 4.79 Å². The van der Waals surface area contributed by atoms with Crippen LogP contribution in [0.2, 0.25) is 0 Å². The molecular weight excluding hydrogens is 458 g/mol. The SMILES string of the molecule is COc1cc(C=NNC(=O)CSc2cccc3ccccc23)ccc1OCc1ccccc1C#N. The highest BCUT2D eigenvalue weighted by atomic mass is 32.2. The smallest absolute Gasteiger partial charge is 0.250 e. The highest BCUT2D eigenvalue weighted by Crippen LogP contribution is 2.29. The summed E-state index contributed by atoms with van der Waals surface area (Å²) in [4.78, 5) is 13.3. The average molecular weight is 482 g/mol. The Morgan fingerprint density at radius 2 is 1.83 bits per heavy atom. The molecule has 0 aliphatic rings. The number of nitriles is 1. The van der Waals surface area contributed by atoms with Gasteiger partial charge in [0.05, 0.1) is 30.7 Å². The maximum absolute atomic E-state index is 12.3. The van der Waals surface area contributed by atoms with E-state index < -0.39 is 0 Å². The molecule has 0 atom stereocenters. The van der Waals surface area contributed by atoms with Gasteiger partial charge < -0.3 is 9.47 Å². The fraction of sp³-hybridized carbons (Fsp3) is 0.107. The van der Waals surface area contributed by atoms with Crippen molar-refractivity contribution in [2.24, 2.45) is 5.10 Å². The molecule has 0 spiro atoms. The number of benzene rings is 4. The largest absolute Gasteiger partial charge is 0.493 e. The number of fused-ring (bicyclic) bond motifs is 1. The van der Waals surface area contributed by atoms with E-state index in [4.69, 9.17) is 9.47 Å². The van der Waals surface area contributed by atoms with E-state index in [0.717, 1.165) is 26.8 Å². The number of ether oxygens (including phenoxy) is 2. The first-order chi connectivity index (χ1) is 17.2. The van der Waals surface area contributed by atoms with E-state index in [9.17, 15) is 10.1 Å². The Morgan fingerprint density at radius 1 is 1.03 bits per heavy atom. The van der Waals surface area contributed by atoms with Crippen molar-refractivity contribution in [3.05, 3.63) is 102 Å². The molecule has 0 aliphatic heterocycles. The maximum Gasteiger partial charge on any atom is 0.250 e. The zero-order valence-corrected chi connectivity index (χ0v) is 19.9. The molecule has 1 amide bonds. The van der Waals surface area contributed by atoms with Crippen LogP contribution in [-0.4, -0.2) is 25.0 Å². The molecule has 0 fully saturated rings. The molecule has 0 heterocycles. The molecule has 0 saturated carbocycles. The molecule has 4 aromatic carbocycles. The molecule has 4 aromatic rings. The highest BCUT2D eigenvalue weighted by molar-refractivity contribution is 8.00. The van der Waals surface area contributed by atoms with Crippen LogP contribution in [0.15, 0.2) is 94.9 Å². The van der Waals surface area contributed by atoms with Crippen LogP contribution in [0.5, 0.6) is 11.5 Å². The Morgan fingerprint density at radius 3 is 2.69 bits per heavy atom. The summed E-state index contributed by atoms with van der Waals surface area (Å²) in [5, 5.41) is 15.6. The van der Waals surface area contributed by atoms with Crippen LogP contribution in [0.25, 0.3) is 10.8 Å². The van der Waals surface area contributed by atoms with Crippen molar-refractivity contribution >= 4 is 34.7 Å². The van der Waals surface area contributed by atoms with Crippen LogP contribution in [0.1, 0.15) is 16.7 Å². The number of rotatable bonds is 9. The number of carbonyl (C=O) groups is 1. The lowest BCUT2D eigenvalue weighted by Crippen LogP contribution is -2.19. The average Bonchev–Trinajstić information content (AvgIpc) is 2.91. The summed E-state index contributed by atoms with van der Waals surface area (Å²) < 4.78 is 11.3. The number of hydrogen-bond acceptors (Lipinski definition) is 6. The topological polar surface area (TPSA) is 83.7 Å². The Balaban J connectivity index is 1.33. The van der Waals surface area contributed by atoms with E-state index in [1.807, 2.05) is 48.5 Å². The van der Waals surface area contributed by atoms with Crippen LogP contribution in [0, 0.1) is 11.3 Å². The monoisotopic (exact) mass is 481 g/mol. The van der Waals surface area contributed by atoms with Gasteiger partial charge in [-0.05, 0) is 46.7 Å². The molecule has 174 valence electrons. The fourth-order valence-electron chi connectivity index (χ4n) is 3.47. The molecule has 0 aromatic heterocycles. The van der Waals surface area contributed by atoms with Gasteiger partial charge in [-0.1, -0.05) is 54.6 Å². The van der Waals surface area contributed by atoms with Gasteiger partial charge in [-0.25, -0.2) is 5.43 Å². The van der Waals surface area contributed by atoms with Crippen molar-refractivity contribution in [1.29, 1.82) is 5.26 Å². The van der Waals surface area contributed by atoms with Crippen LogP contribution < -0.4 is 14.9 Å². The molecule has 0 aliphatic carbocycles. The van der Waals surface area contributed by atoms with E-state index in [1.54, 1.807) is 31.5 Å². The van der Waals surface area contributed by atoms with Gasteiger partial charge in [0.15, 0.2) is 11.5 Å². The first-order valence-electron chi connectivity index (χ1n) is 10.9.